The quantitative estimate of drug-likeness (QED) is 0.886. The fraction of sp³-hybridized carbons (Fsp3) is 0.412. The van der Waals surface area contributed by atoms with Crippen molar-refractivity contribution < 1.29 is 4.79 Å². The number of carbonyl (C=O) groups excluding carboxylic acids is 1. The predicted octanol–water partition coefficient (Wildman–Crippen LogP) is 1.62. The number of piperidine rings is 1. The Bertz CT molecular complexity index is 694. The number of amides is 1. The SMILES string of the molecule is CC1CCN(c2ccc(CNC(=O)c3nccnc3N)cn2)CC1. The van der Waals surface area contributed by atoms with Crippen LogP contribution in [0, 0.1) is 5.92 Å². The highest BCUT2D eigenvalue weighted by Gasteiger charge is 2.17. The highest BCUT2D eigenvalue weighted by Crippen LogP contribution is 2.21. The lowest BCUT2D eigenvalue weighted by Crippen LogP contribution is -2.33. The first-order valence-corrected chi connectivity index (χ1v) is 8.18. The summed E-state index contributed by atoms with van der Waals surface area (Å²) in [4.78, 5) is 26.7. The molecule has 1 fully saturated rings. The molecule has 0 radical (unpaired) electrons. The zero-order valence-electron chi connectivity index (χ0n) is 13.8. The maximum Gasteiger partial charge on any atom is 0.273 e. The number of nitrogens with one attached hydrogen (secondary N) is 1. The third kappa shape index (κ3) is 3.79. The number of hydrogen-bond donors (Lipinski definition) is 2. The molecule has 0 bridgehead atoms. The number of anilines is 2. The molecule has 0 atom stereocenters. The Morgan fingerprint density at radius 2 is 2.00 bits per heavy atom. The van der Waals surface area contributed by atoms with Crippen molar-refractivity contribution >= 4 is 17.5 Å². The minimum atomic E-state index is -0.338. The number of rotatable bonds is 4. The molecule has 3 heterocycles. The van der Waals surface area contributed by atoms with Crippen molar-refractivity contribution in [2.45, 2.75) is 26.3 Å². The largest absolute Gasteiger partial charge is 0.382 e. The molecule has 1 saturated heterocycles. The van der Waals surface area contributed by atoms with Crippen molar-refractivity contribution in [2.75, 3.05) is 23.7 Å². The third-order valence-corrected chi connectivity index (χ3v) is 4.31. The summed E-state index contributed by atoms with van der Waals surface area (Å²) in [6.45, 7) is 4.77. The molecule has 1 aliphatic heterocycles. The third-order valence-electron chi connectivity index (χ3n) is 4.31. The standard InChI is InChI=1S/C17H22N6O/c1-12-4-8-23(9-5-12)14-3-2-13(10-21-14)11-22-17(24)15-16(18)20-7-6-19-15/h2-3,6-7,10,12H,4-5,8-9,11H2,1H3,(H2,18,20)(H,22,24). The van der Waals surface area contributed by atoms with Gasteiger partial charge < -0.3 is 16.0 Å². The summed E-state index contributed by atoms with van der Waals surface area (Å²) in [5.41, 5.74) is 6.72. The van der Waals surface area contributed by atoms with Crippen molar-refractivity contribution in [2.24, 2.45) is 5.92 Å². The van der Waals surface area contributed by atoms with Crippen LogP contribution in [0.5, 0.6) is 0 Å². The molecular weight excluding hydrogens is 304 g/mol. The average Bonchev–Trinajstić information content (AvgIpc) is 2.61. The zero-order valence-corrected chi connectivity index (χ0v) is 13.8. The van der Waals surface area contributed by atoms with E-state index >= 15 is 0 Å². The van der Waals surface area contributed by atoms with Gasteiger partial charge in [0, 0.05) is 38.2 Å². The topological polar surface area (TPSA) is 97.0 Å². The lowest BCUT2D eigenvalue weighted by atomic mass is 9.99. The van der Waals surface area contributed by atoms with Gasteiger partial charge in [-0.25, -0.2) is 15.0 Å². The van der Waals surface area contributed by atoms with Gasteiger partial charge in [-0.1, -0.05) is 13.0 Å². The van der Waals surface area contributed by atoms with E-state index in [1.165, 1.54) is 25.2 Å². The van der Waals surface area contributed by atoms with E-state index in [-0.39, 0.29) is 17.4 Å². The van der Waals surface area contributed by atoms with E-state index in [9.17, 15) is 4.79 Å². The molecule has 7 heteroatoms. The smallest absolute Gasteiger partial charge is 0.273 e. The maximum atomic E-state index is 12.1. The van der Waals surface area contributed by atoms with Crippen LogP contribution < -0.4 is 16.0 Å². The molecule has 1 aliphatic rings. The molecule has 126 valence electrons. The first-order valence-electron chi connectivity index (χ1n) is 8.18. The van der Waals surface area contributed by atoms with Crippen molar-refractivity contribution in [3.05, 3.63) is 42.0 Å². The molecule has 24 heavy (non-hydrogen) atoms. The summed E-state index contributed by atoms with van der Waals surface area (Å²) >= 11 is 0. The summed E-state index contributed by atoms with van der Waals surface area (Å²) in [7, 11) is 0. The highest BCUT2D eigenvalue weighted by atomic mass is 16.1. The van der Waals surface area contributed by atoms with Crippen LogP contribution in [0.4, 0.5) is 11.6 Å². The van der Waals surface area contributed by atoms with E-state index in [1.807, 2.05) is 12.1 Å². The van der Waals surface area contributed by atoms with Crippen molar-refractivity contribution in [1.29, 1.82) is 0 Å². The van der Waals surface area contributed by atoms with Crippen LogP contribution in [0.1, 0.15) is 35.8 Å². The monoisotopic (exact) mass is 326 g/mol. The molecule has 3 N–H and O–H groups in total. The molecule has 0 unspecified atom stereocenters. The number of nitrogen functional groups attached to an aromatic ring is 1. The molecular formula is C17H22N6O. The van der Waals surface area contributed by atoms with Crippen molar-refractivity contribution in [1.82, 2.24) is 20.3 Å². The van der Waals surface area contributed by atoms with E-state index in [2.05, 4.69) is 32.1 Å². The first-order chi connectivity index (χ1) is 11.6. The second-order valence-corrected chi connectivity index (χ2v) is 6.17. The van der Waals surface area contributed by atoms with Gasteiger partial charge in [0.15, 0.2) is 11.5 Å². The lowest BCUT2D eigenvalue weighted by molar-refractivity contribution is 0.0946. The van der Waals surface area contributed by atoms with E-state index < -0.39 is 0 Å². The van der Waals surface area contributed by atoms with Crippen molar-refractivity contribution in [3.63, 3.8) is 0 Å². The number of nitrogens with zero attached hydrogens (tertiary/aromatic N) is 4. The second-order valence-electron chi connectivity index (χ2n) is 6.17. The molecule has 0 aliphatic carbocycles. The van der Waals surface area contributed by atoms with Gasteiger partial charge in [0.05, 0.1) is 0 Å². The van der Waals surface area contributed by atoms with Gasteiger partial charge in [0.25, 0.3) is 5.91 Å². The summed E-state index contributed by atoms with van der Waals surface area (Å²) in [6, 6.07) is 3.99. The molecule has 0 saturated carbocycles. The Balaban J connectivity index is 1.57. The van der Waals surface area contributed by atoms with E-state index in [0.717, 1.165) is 30.4 Å². The Labute approximate surface area is 141 Å². The van der Waals surface area contributed by atoms with E-state index in [4.69, 9.17) is 5.73 Å². The van der Waals surface area contributed by atoms with Gasteiger partial charge in [-0.3, -0.25) is 4.79 Å². The van der Waals surface area contributed by atoms with Crippen LogP contribution >= 0.6 is 0 Å². The second kappa shape index (κ2) is 7.25. The Kier molecular flexibility index (Phi) is 4.88. The molecule has 2 aromatic heterocycles. The van der Waals surface area contributed by atoms with Gasteiger partial charge >= 0.3 is 0 Å². The fourth-order valence-corrected chi connectivity index (χ4v) is 2.74. The van der Waals surface area contributed by atoms with Gasteiger partial charge in [-0.15, -0.1) is 0 Å². The molecule has 7 nitrogen and oxygen atoms in total. The van der Waals surface area contributed by atoms with Crippen LogP contribution in [0.2, 0.25) is 0 Å². The minimum absolute atomic E-state index is 0.128. The van der Waals surface area contributed by atoms with Crippen LogP contribution in [0.15, 0.2) is 30.7 Å². The Morgan fingerprint density at radius 3 is 2.67 bits per heavy atom. The normalized spacial score (nSPS) is 15.3. The zero-order chi connectivity index (χ0) is 16.9. The Hall–Kier alpha value is -2.70. The summed E-state index contributed by atoms with van der Waals surface area (Å²) < 4.78 is 0. The number of carbonyl (C=O) groups is 1. The van der Waals surface area contributed by atoms with Crippen LogP contribution in [0.3, 0.4) is 0 Å². The summed E-state index contributed by atoms with van der Waals surface area (Å²) in [5, 5.41) is 2.79. The van der Waals surface area contributed by atoms with Crippen LogP contribution in [-0.4, -0.2) is 33.9 Å². The average molecular weight is 326 g/mol. The molecule has 2 aromatic rings. The highest BCUT2D eigenvalue weighted by molar-refractivity contribution is 5.96. The molecule has 1 amide bonds. The van der Waals surface area contributed by atoms with Crippen LogP contribution in [0.25, 0.3) is 0 Å². The summed E-state index contributed by atoms with van der Waals surface area (Å²) in [6.07, 6.45) is 7.11. The first kappa shape index (κ1) is 16.2. The number of hydrogen-bond acceptors (Lipinski definition) is 6. The van der Waals surface area contributed by atoms with Gasteiger partial charge in [-0.2, -0.15) is 0 Å². The molecule has 0 spiro atoms. The summed E-state index contributed by atoms with van der Waals surface area (Å²) in [5.74, 6) is 1.58. The van der Waals surface area contributed by atoms with Gasteiger partial charge in [-0.05, 0) is 30.4 Å². The lowest BCUT2D eigenvalue weighted by Gasteiger charge is -2.31. The number of aromatic nitrogens is 3. The van der Waals surface area contributed by atoms with E-state index in [0.29, 0.717) is 6.54 Å². The maximum absolute atomic E-state index is 12.1. The molecule has 3 rings (SSSR count). The van der Waals surface area contributed by atoms with Gasteiger partial charge in [0.2, 0.25) is 0 Å². The van der Waals surface area contributed by atoms with Crippen molar-refractivity contribution in [3.8, 4) is 0 Å². The Morgan fingerprint density at radius 1 is 1.25 bits per heavy atom. The number of nitrogens with two attached hydrogens (primary N) is 1. The fourth-order valence-electron chi connectivity index (χ4n) is 2.74. The van der Waals surface area contributed by atoms with E-state index in [1.54, 1.807) is 6.20 Å². The molecule has 0 aromatic carbocycles. The number of pyridine rings is 1. The van der Waals surface area contributed by atoms with Gasteiger partial charge in [0.1, 0.15) is 5.82 Å². The predicted molar refractivity (Wildman–Crippen MR) is 92.5 cm³/mol. The minimum Gasteiger partial charge on any atom is -0.382 e. The van der Waals surface area contributed by atoms with Crippen LogP contribution in [-0.2, 0) is 6.54 Å².